The van der Waals surface area contributed by atoms with Crippen LogP contribution in [0.4, 0.5) is 4.39 Å². The highest BCUT2D eigenvalue weighted by Gasteiger charge is 2.31. The summed E-state index contributed by atoms with van der Waals surface area (Å²) < 4.78 is 32.2. The predicted molar refractivity (Wildman–Crippen MR) is 127 cm³/mol. The van der Waals surface area contributed by atoms with E-state index in [1.54, 1.807) is 24.9 Å². The topological polar surface area (TPSA) is 60.9 Å². The summed E-state index contributed by atoms with van der Waals surface area (Å²) in [5.74, 6) is 2.10. The normalized spacial score (nSPS) is 20.7. The van der Waals surface area contributed by atoms with Crippen LogP contribution in [0.5, 0.6) is 11.5 Å². The number of nitrogens with zero attached hydrogens (tertiary/aromatic N) is 2. The number of carbonyl (C=O) groups is 1. The molecule has 2 aliphatic rings. The number of thiazole rings is 1. The second kappa shape index (κ2) is 9.87. The van der Waals surface area contributed by atoms with Crippen molar-refractivity contribution in [3.8, 4) is 11.5 Å². The molecule has 1 aromatic heterocycles. The summed E-state index contributed by atoms with van der Waals surface area (Å²) in [6.07, 6.45) is 2.10. The third-order valence-electron chi connectivity index (χ3n) is 5.94. The molecule has 3 heterocycles. The van der Waals surface area contributed by atoms with Gasteiger partial charge >= 0.3 is 0 Å². The Hall–Kier alpha value is -2.36. The second-order valence-corrected chi connectivity index (χ2v) is 10.5. The molecule has 2 atom stereocenters. The summed E-state index contributed by atoms with van der Waals surface area (Å²) in [5.41, 5.74) is 1.88. The van der Waals surface area contributed by atoms with Gasteiger partial charge in [0.15, 0.2) is 22.1 Å². The molecule has 2 aromatic carbocycles. The Morgan fingerprint density at radius 1 is 1.27 bits per heavy atom. The lowest BCUT2D eigenvalue weighted by atomic mass is 9.98. The van der Waals surface area contributed by atoms with Crippen LogP contribution < -0.4 is 9.47 Å². The lowest BCUT2D eigenvalue weighted by Gasteiger charge is -2.19. The highest BCUT2D eigenvalue weighted by atomic mass is 32.2. The van der Waals surface area contributed by atoms with Gasteiger partial charge < -0.3 is 19.1 Å². The van der Waals surface area contributed by atoms with E-state index in [2.05, 4.69) is 4.98 Å². The van der Waals surface area contributed by atoms with Crippen LogP contribution in [-0.2, 0) is 9.53 Å². The minimum atomic E-state index is -0.251. The summed E-state index contributed by atoms with van der Waals surface area (Å²) in [5, 5.41) is 0. The number of carbonyl (C=O) groups excluding carboxylic acids is 1. The maximum absolute atomic E-state index is 13.4. The van der Waals surface area contributed by atoms with Crippen molar-refractivity contribution in [3.63, 3.8) is 0 Å². The summed E-state index contributed by atoms with van der Waals surface area (Å²) in [4.78, 5) is 19.1. The Bertz CT molecular complexity index is 1150. The monoisotopic (exact) mass is 488 g/mol. The van der Waals surface area contributed by atoms with Crippen LogP contribution in [0, 0.1) is 5.82 Å². The second-order valence-electron chi connectivity index (χ2n) is 8.15. The maximum atomic E-state index is 13.4. The minimum Gasteiger partial charge on any atom is -0.493 e. The van der Waals surface area contributed by atoms with Crippen LogP contribution in [0.3, 0.4) is 0 Å². The van der Waals surface area contributed by atoms with E-state index < -0.39 is 0 Å². The number of methoxy groups -OCH3 is 1. The van der Waals surface area contributed by atoms with E-state index in [0.717, 1.165) is 38.7 Å². The number of hydrogen-bond donors (Lipinski definition) is 0. The van der Waals surface area contributed by atoms with Crippen molar-refractivity contribution in [1.82, 2.24) is 9.88 Å². The zero-order valence-electron chi connectivity index (χ0n) is 18.3. The van der Waals surface area contributed by atoms with Crippen molar-refractivity contribution in [3.05, 3.63) is 47.8 Å². The molecule has 0 bridgehead atoms. The Morgan fingerprint density at radius 3 is 3.00 bits per heavy atom. The molecule has 33 heavy (non-hydrogen) atoms. The first-order valence-corrected chi connectivity index (χ1v) is 12.8. The van der Waals surface area contributed by atoms with E-state index in [1.165, 1.54) is 23.5 Å². The molecule has 0 N–H and O–H groups in total. The number of amides is 1. The Kier molecular flexibility index (Phi) is 6.71. The zero-order chi connectivity index (χ0) is 22.8. The molecule has 5 rings (SSSR count). The van der Waals surface area contributed by atoms with Crippen molar-refractivity contribution in [2.24, 2.45) is 0 Å². The summed E-state index contributed by atoms with van der Waals surface area (Å²) in [6.45, 7) is 2.04. The van der Waals surface area contributed by atoms with Gasteiger partial charge in [0.05, 0.1) is 23.9 Å². The van der Waals surface area contributed by atoms with Crippen LogP contribution >= 0.6 is 23.1 Å². The van der Waals surface area contributed by atoms with E-state index in [4.69, 9.17) is 14.2 Å². The molecule has 0 aliphatic carbocycles. The van der Waals surface area contributed by atoms with Crippen LogP contribution in [-0.4, -0.2) is 54.6 Å². The first-order chi connectivity index (χ1) is 16.1. The standard InChI is InChI=1S/C24H25FN2O4S2/c1-29-19-7-4-15(11-20(19)31-23-3-2-9-30-23)16-12-22(28)27(14-16)8-10-32-24-26-18-6-5-17(25)13-21(18)33-24/h4-7,11,13,16,23H,2-3,8-10,12,14H2,1H3. The molecular formula is C24H25FN2O4S2. The lowest BCUT2D eigenvalue weighted by Crippen LogP contribution is -2.27. The van der Waals surface area contributed by atoms with Gasteiger partial charge in [0.1, 0.15) is 5.82 Å². The number of aromatic nitrogens is 1. The fourth-order valence-corrected chi connectivity index (χ4v) is 6.34. The number of likely N-dealkylation sites (tertiary alicyclic amines) is 1. The van der Waals surface area contributed by atoms with Crippen molar-refractivity contribution >= 4 is 39.2 Å². The van der Waals surface area contributed by atoms with Gasteiger partial charge in [-0.15, -0.1) is 11.3 Å². The van der Waals surface area contributed by atoms with Gasteiger partial charge in [-0.05, 0) is 42.3 Å². The quantitative estimate of drug-likeness (QED) is 0.413. The highest BCUT2D eigenvalue weighted by molar-refractivity contribution is 8.01. The third kappa shape index (κ3) is 5.10. The number of fused-ring (bicyclic) bond motifs is 1. The molecule has 2 aliphatic heterocycles. The van der Waals surface area contributed by atoms with E-state index in [1.807, 2.05) is 23.1 Å². The molecule has 2 unspecified atom stereocenters. The molecule has 0 radical (unpaired) electrons. The first kappa shape index (κ1) is 22.4. The smallest absolute Gasteiger partial charge is 0.223 e. The number of halogens is 1. The molecule has 2 fully saturated rings. The molecular weight excluding hydrogens is 463 g/mol. The van der Waals surface area contributed by atoms with Crippen molar-refractivity contribution in [2.45, 2.75) is 35.8 Å². The SMILES string of the molecule is COc1ccc(C2CC(=O)N(CCSc3nc4ccc(F)cc4s3)C2)cc1OC1CCCO1. The molecule has 1 amide bonds. The zero-order valence-corrected chi connectivity index (χ0v) is 19.9. The van der Waals surface area contributed by atoms with Gasteiger partial charge in [-0.2, -0.15) is 0 Å². The molecule has 3 aromatic rings. The van der Waals surface area contributed by atoms with E-state index in [-0.39, 0.29) is 23.9 Å². The minimum absolute atomic E-state index is 0.116. The van der Waals surface area contributed by atoms with Gasteiger partial charge in [0.25, 0.3) is 0 Å². The van der Waals surface area contributed by atoms with E-state index >= 15 is 0 Å². The summed E-state index contributed by atoms with van der Waals surface area (Å²) >= 11 is 3.09. The number of hydrogen-bond acceptors (Lipinski definition) is 7. The summed E-state index contributed by atoms with van der Waals surface area (Å²) in [7, 11) is 1.62. The van der Waals surface area contributed by atoms with Crippen LogP contribution in [0.1, 0.15) is 30.7 Å². The maximum Gasteiger partial charge on any atom is 0.223 e. The van der Waals surface area contributed by atoms with Gasteiger partial charge in [0, 0.05) is 37.6 Å². The molecule has 2 saturated heterocycles. The number of thioether (sulfide) groups is 1. The van der Waals surface area contributed by atoms with Crippen molar-refractivity contribution in [1.29, 1.82) is 0 Å². The average molecular weight is 489 g/mol. The van der Waals surface area contributed by atoms with Crippen molar-refractivity contribution in [2.75, 3.05) is 32.6 Å². The van der Waals surface area contributed by atoms with E-state index in [9.17, 15) is 9.18 Å². The molecule has 0 spiro atoms. The van der Waals surface area contributed by atoms with Gasteiger partial charge in [-0.25, -0.2) is 9.37 Å². The Morgan fingerprint density at radius 2 is 2.18 bits per heavy atom. The number of ether oxygens (including phenoxy) is 3. The van der Waals surface area contributed by atoms with Crippen LogP contribution in [0.2, 0.25) is 0 Å². The van der Waals surface area contributed by atoms with Gasteiger partial charge in [0.2, 0.25) is 5.91 Å². The molecule has 0 saturated carbocycles. The third-order valence-corrected chi connectivity index (χ3v) is 8.08. The van der Waals surface area contributed by atoms with Crippen molar-refractivity contribution < 1.29 is 23.4 Å². The van der Waals surface area contributed by atoms with Crippen LogP contribution in [0.15, 0.2) is 40.7 Å². The largest absolute Gasteiger partial charge is 0.493 e. The summed E-state index contributed by atoms with van der Waals surface area (Å²) in [6, 6.07) is 10.5. The average Bonchev–Trinajstić information content (AvgIpc) is 3.54. The first-order valence-electron chi connectivity index (χ1n) is 11.0. The lowest BCUT2D eigenvalue weighted by molar-refractivity contribution is -0.127. The van der Waals surface area contributed by atoms with Crippen LogP contribution in [0.25, 0.3) is 10.2 Å². The van der Waals surface area contributed by atoms with E-state index in [0.29, 0.717) is 37.6 Å². The fraction of sp³-hybridized carbons (Fsp3) is 0.417. The highest BCUT2D eigenvalue weighted by Crippen LogP contribution is 2.37. The Balaban J connectivity index is 1.20. The van der Waals surface area contributed by atoms with Gasteiger partial charge in [-0.1, -0.05) is 17.8 Å². The number of benzene rings is 2. The Labute approximate surface area is 200 Å². The molecule has 6 nitrogen and oxygen atoms in total. The molecule has 174 valence electrons. The number of rotatable bonds is 8. The van der Waals surface area contributed by atoms with Gasteiger partial charge in [-0.3, -0.25) is 4.79 Å². The fourth-order valence-electron chi connectivity index (χ4n) is 4.22. The predicted octanol–water partition coefficient (Wildman–Crippen LogP) is 5.07. The molecule has 9 heteroatoms.